The molecule has 1 heterocycles. The molecule has 0 amide bonds. The third kappa shape index (κ3) is 2.93. The Kier molecular flexibility index (Phi) is 3.93. The molecule has 26 heavy (non-hydrogen) atoms. The van der Waals surface area contributed by atoms with Crippen LogP contribution in [0.5, 0.6) is 5.75 Å². The zero-order valence-corrected chi connectivity index (χ0v) is 14.2. The van der Waals surface area contributed by atoms with Crippen LogP contribution < -0.4 is 4.18 Å². The van der Waals surface area contributed by atoms with Crippen LogP contribution in [0.25, 0.3) is 22.2 Å². The van der Waals surface area contributed by atoms with Gasteiger partial charge in [0.2, 0.25) is 0 Å². The minimum absolute atomic E-state index is 0.127. The Morgan fingerprint density at radius 2 is 1.85 bits per heavy atom. The number of benzene rings is 3. The van der Waals surface area contributed by atoms with Crippen molar-refractivity contribution in [2.45, 2.75) is 0 Å². The van der Waals surface area contributed by atoms with Crippen LogP contribution in [0.2, 0.25) is 0 Å². The van der Waals surface area contributed by atoms with Crippen LogP contribution >= 0.6 is 0 Å². The van der Waals surface area contributed by atoms with Crippen molar-refractivity contribution >= 4 is 21.2 Å². The van der Waals surface area contributed by atoms with E-state index in [9.17, 15) is 12.8 Å². The van der Waals surface area contributed by atoms with Crippen LogP contribution in [0.3, 0.4) is 0 Å². The molecule has 0 N–H and O–H groups in total. The summed E-state index contributed by atoms with van der Waals surface area (Å²) in [5.41, 5.74) is 1.60. The Morgan fingerprint density at radius 3 is 2.62 bits per heavy atom. The number of fused-ring (bicyclic) bond motifs is 1. The first-order valence-electron chi connectivity index (χ1n) is 7.69. The molecule has 1 radical (unpaired) electrons. The van der Waals surface area contributed by atoms with Crippen LogP contribution in [-0.4, -0.2) is 17.6 Å². The first-order chi connectivity index (χ1) is 12.5. The average molecular weight is 367 g/mol. The molecular formula is C19H12FN2O3S. The quantitative estimate of drug-likeness (QED) is 0.550. The Labute approximate surface area is 149 Å². The molecule has 1 aromatic heterocycles. The van der Waals surface area contributed by atoms with E-state index in [4.69, 9.17) is 4.18 Å². The van der Waals surface area contributed by atoms with Crippen LogP contribution in [0.15, 0.2) is 72.8 Å². The standard InChI is InChI=1S/C19H12FN2O3S/c20-15-9-6-10-16(13-15)25-26(23,24)22-18-12-5-4-11-17(18)19(21-22)14-7-2-1-3-8-14/h1-3,5-13H. The summed E-state index contributed by atoms with van der Waals surface area (Å²) in [4.78, 5) is 0. The number of aromatic nitrogens is 2. The van der Waals surface area contributed by atoms with Crippen molar-refractivity contribution in [1.29, 1.82) is 0 Å². The lowest BCUT2D eigenvalue weighted by molar-refractivity contribution is 0.469. The fourth-order valence-corrected chi connectivity index (χ4v) is 3.63. The largest absolute Gasteiger partial charge is 0.429 e. The predicted molar refractivity (Wildman–Crippen MR) is 95.4 cm³/mol. The Morgan fingerprint density at radius 1 is 1.04 bits per heavy atom. The lowest BCUT2D eigenvalue weighted by Gasteiger charge is -2.07. The van der Waals surface area contributed by atoms with Gasteiger partial charge in [0.1, 0.15) is 17.3 Å². The van der Waals surface area contributed by atoms with E-state index in [-0.39, 0.29) is 5.75 Å². The minimum atomic E-state index is -4.32. The van der Waals surface area contributed by atoms with Crippen LogP contribution in [0.4, 0.5) is 4.39 Å². The Balaban J connectivity index is 1.86. The van der Waals surface area contributed by atoms with E-state index in [0.29, 0.717) is 16.6 Å². The van der Waals surface area contributed by atoms with Gasteiger partial charge in [-0.3, -0.25) is 0 Å². The highest BCUT2D eigenvalue weighted by molar-refractivity contribution is 7.85. The van der Waals surface area contributed by atoms with Gasteiger partial charge in [-0.05, 0) is 30.3 Å². The number of nitrogens with zero attached hydrogens (tertiary/aromatic N) is 2. The molecule has 0 bridgehead atoms. The van der Waals surface area contributed by atoms with Gasteiger partial charge in [0, 0.05) is 17.0 Å². The molecule has 0 aliphatic carbocycles. The second-order valence-corrected chi connectivity index (χ2v) is 6.87. The smallest absolute Gasteiger partial charge is 0.365 e. The lowest BCUT2D eigenvalue weighted by atomic mass is 10.1. The summed E-state index contributed by atoms with van der Waals surface area (Å²) in [6, 6.07) is 21.9. The first-order valence-corrected chi connectivity index (χ1v) is 9.06. The van der Waals surface area contributed by atoms with E-state index >= 15 is 0 Å². The zero-order chi connectivity index (χ0) is 18.1. The summed E-state index contributed by atoms with van der Waals surface area (Å²) < 4.78 is 44.6. The summed E-state index contributed by atoms with van der Waals surface area (Å²) in [5, 5.41) is 4.86. The molecule has 4 aromatic rings. The molecule has 0 unspecified atom stereocenters. The minimum Gasteiger partial charge on any atom is -0.365 e. The zero-order valence-electron chi connectivity index (χ0n) is 13.3. The number of halogens is 1. The number of rotatable bonds is 4. The summed E-state index contributed by atoms with van der Waals surface area (Å²) in [6.45, 7) is 0. The summed E-state index contributed by atoms with van der Waals surface area (Å²) >= 11 is 0. The van der Waals surface area contributed by atoms with E-state index in [0.717, 1.165) is 15.7 Å². The van der Waals surface area contributed by atoms with E-state index in [1.54, 1.807) is 18.2 Å². The predicted octanol–water partition coefficient (Wildman–Crippen LogP) is 3.81. The number of hydrogen-bond acceptors (Lipinski definition) is 4. The van der Waals surface area contributed by atoms with E-state index in [1.165, 1.54) is 18.2 Å². The molecule has 4 rings (SSSR count). The third-order valence-electron chi connectivity index (χ3n) is 3.75. The SMILES string of the molecule is O=S(=O)(Oc1cccc(F)c1)n1nc(-c2ccccc2)c2c[c]ccc21. The van der Waals surface area contributed by atoms with Crippen molar-refractivity contribution in [3.05, 3.63) is 84.7 Å². The molecular weight excluding hydrogens is 355 g/mol. The topological polar surface area (TPSA) is 61.2 Å². The van der Waals surface area contributed by atoms with Gasteiger partial charge in [-0.1, -0.05) is 42.5 Å². The van der Waals surface area contributed by atoms with Crippen molar-refractivity contribution in [2.75, 3.05) is 0 Å². The lowest BCUT2D eigenvalue weighted by Crippen LogP contribution is -2.20. The maximum Gasteiger partial charge on any atom is 0.429 e. The molecule has 129 valence electrons. The van der Waals surface area contributed by atoms with Crippen LogP contribution in [0.1, 0.15) is 0 Å². The average Bonchev–Trinajstić information content (AvgIpc) is 3.03. The molecule has 0 aliphatic heterocycles. The highest BCUT2D eigenvalue weighted by Crippen LogP contribution is 2.29. The Bertz CT molecular complexity index is 1190. The van der Waals surface area contributed by atoms with Crippen LogP contribution in [0, 0.1) is 11.9 Å². The Hall–Kier alpha value is -3.19. The van der Waals surface area contributed by atoms with Gasteiger partial charge in [0.25, 0.3) is 0 Å². The third-order valence-corrected chi connectivity index (χ3v) is 4.85. The highest BCUT2D eigenvalue weighted by atomic mass is 32.2. The molecule has 5 nitrogen and oxygen atoms in total. The van der Waals surface area contributed by atoms with E-state index in [2.05, 4.69) is 11.2 Å². The molecule has 0 atom stereocenters. The highest BCUT2D eigenvalue weighted by Gasteiger charge is 2.23. The fraction of sp³-hybridized carbons (Fsp3) is 0. The summed E-state index contributed by atoms with van der Waals surface area (Å²) in [5.74, 6) is -0.722. The summed E-state index contributed by atoms with van der Waals surface area (Å²) in [7, 11) is -4.32. The van der Waals surface area contributed by atoms with Crippen molar-refractivity contribution in [1.82, 2.24) is 9.19 Å². The monoisotopic (exact) mass is 367 g/mol. The van der Waals surface area contributed by atoms with Crippen molar-refractivity contribution < 1.29 is 17.0 Å². The molecule has 0 saturated heterocycles. The maximum absolute atomic E-state index is 13.3. The van der Waals surface area contributed by atoms with E-state index in [1.807, 2.05) is 30.3 Å². The molecule has 3 aromatic carbocycles. The van der Waals surface area contributed by atoms with Crippen molar-refractivity contribution in [3.63, 3.8) is 0 Å². The van der Waals surface area contributed by atoms with Crippen LogP contribution in [-0.2, 0) is 10.3 Å². The normalized spacial score (nSPS) is 11.6. The van der Waals surface area contributed by atoms with Gasteiger partial charge in [-0.15, -0.1) is 4.09 Å². The molecule has 0 spiro atoms. The van der Waals surface area contributed by atoms with Gasteiger partial charge < -0.3 is 4.18 Å². The fourth-order valence-electron chi connectivity index (χ4n) is 2.63. The second-order valence-electron chi connectivity index (χ2n) is 5.50. The van der Waals surface area contributed by atoms with E-state index < -0.39 is 16.1 Å². The second kappa shape index (κ2) is 6.27. The number of hydrogen-bond donors (Lipinski definition) is 0. The van der Waals surface area contributed by atoms with Crippen molar-refractivity contribution in [3.8, 4) is 17.0 Å². The molecule has 0 aliphatic rings. The van der Waals surface area contributed by atoms with Crippen molar-refractivity contribution in [2.24, 2.45) is 0 Å². The molecule has 7 heteroatoms. The van der Waals surface area contributed by atoms with Gasteiger partial charge in [-0.25, -0.2) is 4.39 Å². The molecule has 0 saturated carbocycles. The van der Waals surface area contributed by atoms with Gasteiger partial charge in [-0.2, -0.15) is 13.5 Å². The summed E-state index contributed by atoms with van der Waals surface area (Å²) in [6.07, 6.45) is 0. The maximum atomic E-state index is 13.3. The van der Waals surface area contributed by atoms with Gasteiger partial charge in [0.05, 0.1) is 5.52 Å². The van der Waals surface area contributed by atoms with Gasteiger partial charge in [0.15, 0.2) is 0 Å². The molecule has 0 fully saturated rings. The first kappa shape index (κ1) is 16.3. The van der Waals surface area contributed by atoms with Gasteiger partial charge >= 0.3 is 10.3 Å².